The van der Waals surface area contributed by atoms with E-state index in [1.54, 1.807) is 0 Å². The fraction of sp³-hybridized carbons (Fsp3) is 0.462. The van der Waals surface area contributed by atoms with Crippen LogP contribution in [0.3, 0.4) is 0 Å². The first-order chi connectivity index (χ1) is 16.3. The molecule has 178 valence electrons. The fourth-order valence-electron chi connectivity index (χ4n) is 4.64. The monoisotopic (exact) mass is 476 g/mol. The number of carbonyl (C=O) groups is 1. The predicted octanol–water partition coefficient (Wildman–Crippen LogP) is 4.02. The van der Waals surface area contributed by atoms with E-state index in [1.165, 1.54) is 24.6 Å². The van der Waals surface area contributed by atoms with Crippen LogP contribution in [0, 0.1) is 22.7 Å². The van der Waals surface area contributed by atoms with Crippen molar-refractivity contribution in [3.63, 3.8) is 0 Å². The molecule has 1 aliphatic heterocycles. The number of pyridine rings is 1. The van der Waals surface area contributed by atoms with Crippen molar-refractivity contribution in [2.24, 2.45) is 5.73 Å². The van der Waals surface area contributed by atoms with Gasteiger partial charge in [-0.15, -0.1) is 0 Å². The number of carbonyl (C=O) groups excluding carboxylic acids is 1. The normalized spacial score (nSPS) is 18.8. The fourth-order valence-corrected chi connectivity index (χ4v) is 5.69. The van der Waals surface area contributed by atoms with Gasteiger partial charge in [0.2, 0.25) is 5.91 Å². The number of nitriles is 2. The number of aromatic nitrogens is 1. The van der Waals surface area contributed by atoms with Crippen LogP contribution in [0.15, 0.2) is 35.4 Å². The van der Waals surface area contributed by atoms with Crippen molar-refractivity contribution in [3.05, 3.63) is 52.6 Å². The van der Waals surface area contributed by atoms with Crippen LogP contribution >= 0.6 is 11.8 Å². The minimum atomic E-state index is -0.692. The lowest BCUT2D eigenvalue weighted by Gasteiger charge is -2.29. The van der Waals surface area contributed by atoms with E-state index in [0.717, 1.165) is 12.1 Å². The molecular weight excluding hydrogens is 444 g/mol. The van der Waals surface area contributed by atoms with Gasteiger partial charge >= 0.3 is 0 Å². The highest BCUT2D eigenvalue weighted by molar-refractivity contribution is 8.00. The molecule has 0 radical (unpaired) electrons. The van der Waals surface area contributed by atoms with Crippen molar-refractivity contribution in [2.45, 2.75) is 62.4 Å². The van der Waals surface area contributed by atoms with Crippen LogP contribution in [-0.2, 0) is 11.2 Å². The summed E-state index contributed by atoms with van der Waals surface area (Å²) in [4.78, 5) is 21.6. The van der Waals surface area contributed by atoms with Crippen LogP contribution in [0.4, 0.5) is 5.82 Å². The minimum Gasteiger partial charge on any atom is -0.368 e. The molecular formula is C26H32N6OS. The Morgan fingerprint density at radius 1 is 1.21 bits per heavy atom. The summed E-state index contributed by atoms with van der Waals surface area (Å²) < 4.78 is 0. The molecule has 1 aliphatic rings. The molecule has 1 saturated heterocycles. The van der Waals surface area contributed by atoms with Gasteiger partial charge in [-0.05, 0) is 44.2 Å². The highest BCUT2D eigenvalue weighted by Gasteiger charge is 2.29. The van der Waals surface area contributed by atoms with Crippen molar-refractivity contribution in [3.8, 4) is 12.1 Å². The molecule has 1 aromatic heterocycles. The lowest BCUT2D eigenvalue weighted by molar-refractivity contribution is -0.117. The van der Waals surface area contributed by atoms with Crippen LogP contribution in [0.5, 0.6) is 0 Å². The first kappa shape index (κ1) is 25.6. The molecule has 3 atom stereocenters. The van der Waals surface area contributed by atoms with Gasteiger partial charge in [-0.2, -0.15) is 10.5 Å². The van der Waals surface area contributed by atoms with Gasteiger partial charge in [0.1, 0.15) is 28.2 Å². The standard InChI is InChI=1S/C26H32N6OS/c1-5-20-21(15-27)25(31(4)13-14-32-17(2)11-12-18(32)3)30-26(22(20)16-28)34-23(24(29)33)19-9-7-6-8-10-19/h6-10,17-18,23H,5,11-14H2,1-4H3,(H2,29,33)/t17-,18-,23?/m1/s1. The van der Waals surface area contributed by atoms with Gasteiger partial charge in [0.05, 0.1) is 11.1 Å². The Bertz CT molecular complexity index is 1100. The van der Waals surface area contributed by atoms with E-state index < -0.39 is 11.2 Å². The smallest absolute Gasteiger partial charge is 0.235 e. The SMILES string of the molecule is CCc1c(C#N)c(SC(C(N)=O)c2ccccc2)nc(N(C)CCN2[C@H](C)CC[C@H]2C)c1C#N. The summed E-state index contributed by atoms with van der Waals surface area (Å²) in [5.41, 5.74) is 7.90. The second-order valence-electron chi connectivity index (χ2n) is 8.79. The Balaban J connectivity index is 2.00. The van der Waals surface area contributed by atoms with E-state index in [4.69, 9.17) is 10.7 Å². The van der Waals surface area contributed by atoms with Crippen molar-refractivity contribution >= 4 is 23.5 Å². The molecule has 1 unspecified atom stereocenters. The van der Waals surface area contributed by atoms with E-state index in [0.29, 0.717) is 52.6 Å². The second kappa shape index (κ2) is 11.4. The summed E-state index contributed by atoms with van der Waals surface area (Å²) in [7, 11) is 1.93. The van der Waals surface area contributed by atoms with Crippen LogP contribution in [0.1, 0.15) is 61.1 Å². The third kappa shape index (κ3) is 5.35. The molecule has 0 spiro atoms. The molecule has 0 aliphatic carbocycles. The third-order valence-electron chi connectivity index (χ3n) is 6.61. The quantitative estimate of drug-likeness (QED) is 0.544. The zero-order chi connectivity index (χ0) is 24.8. The van der Waals surface area contributed by atoms with Crippen molar-refractivity contribution < 1.29 is 4.79 Å². The molecule has 8 heteroatoms. The van der Waals surface area contributed by atoms with Gasteiger partial charge in [0, 0.05) is 32.2 Å². The Kier molecular flexibility index (Phi) is 8.55. The van der Waals surface area contributed by atoms with E-state index in [2.05, 4.69) is 30.9 Å². The molecule has 1 fully saturated rings. The number of benzene rings is 1. The van der Waals surface area contributed by atoms with Gasteiger partial charge in [-0.1, -0.05) is 49.0 Å². The maximum absolute atomic E-state index is 12.3. The van der Waals surface area contributed by atoms with Crippen LogP contribution in [-0.4, -0.2) is 48.0 Å². The molecule has 3 rings (SSSR count). The largest absolute Gasteiger partial charge is 0.368 e. The summed E-state index contributed by atoms with van der Waals surface area (Å²) in [6.45, 7) is 7.99. The van der Waals surface area contributed by atoms with Crippen LogP contribution in [0.25, 0.3) is 0 Å². The number of likely N-dealkylation sites (tertiary alicyclic amines) is 1. The Labute approximate surface area is 206 Å². The number of hydrogen-bond donors (Lipinski definition) is 1. The molecule has 1 aromatic carbocycles. The van der Waals surface area contributed by atoms with Gasteiger partial charge < -0.3 is 10.6 Å². The number of primary amides is 1. The first-order valence-corrected chi connectivity index (χ1v) is 12.5. The van der Waals surface area contributed by atoms with E-state index in [1.807, 2.05) is 49.2 Å². The molecule has 7 nitrogen and oxygen atoms in total. The van der Waals surface area contributed by atoms with E-state index in [9.17, 15) is 15.3 Å². The van der Waals surface area contributed by atoms with Crippen LogP contribution < -0.4 is 10.6 Å². The molecule has 2 N–H and O–H groups in total. The minimum absolute atomic E-state index is 0.338. The number of nitrogens with zero attached hydrogens (tertiary/aromatic N) is 5. The molecule has 2 heterocycles. The Hall–Kier alpha value is -3.07. The number of rotatable bonds is 9. The van der Waals surface area contributed by atoms with E-state index >= 15 is 0 Å². The summed E-state index contributed by atoms with van der Waals surface area (Å²) in [6, 6.07) is 14.8. The number of likely N-dealkylation sites (N-methyl/N-ethyl adjacent to an activating group) is 1. The Morgan fingerprint density at radius 3 is 2.35 bits per heavy atom. The van der Waals surface area contributed by atoms with E-state index in [-0.39, 0.29) is 0 Å². The predicted molar refractivity (Wildman–Crippen MR) is 135 cm³/mol. The average molecular weight is 477 g/mol. The van der Waals surface area contributed by atoms with Gasteiger partial charge in [0.15, 0.2) is 0 Å². The zero-order valence-electron chi connectivity index (χ0n) is 20.3. The van der Waals surface area contributed by atoms with Crippen LogP contribution in [0.2, 0.25) is 0 Å². The second-order valence-corrected chi connectivity index (χ2v) is 9.89. The van der Waals surface area contributed by atoms with Gasteiger partial charge in [-0.3, -0.25) is 9.69 Å². The van der Waals surface area contributed by atoms with Gasteiger partial charge in [-0.25, -0.2) is 4.98 Å². The van der Waals surface area contributed by atoms with Crippen molar-refractivity contribution in [1.82, 2.24) is 9.88 Å². The molecule has 34 heavy (non-hydrogen) atoms. The molecule has 0 saturated carbocycles. The Morgan fingerprint density at radius 2 is 1.82 bits per heavy atom. The van der Waals surface area contributed by atoms with Crippen molar-refractivity contribution in [2.75, 3.05) is 25.0 Å². The summed E-state index contributed by atoms with van der Waals surface area (Å²) >= 11 is 1.17. The summed E-state index contributed by atoms with van der Waals surface area (Å²) in [6.07, 6.45) is 2.89. The first-order valence-electron chi connectivity index (χ1n) is 11.7. The summed E-state index contributed by atoms with van der Waals surface area (Å²) in [5.74, 6) is 0.0350. The number of nitrogens with two attached hydrogens (primary N) is 1. The van der Waals surface area contributed by atoms with Crippen molar-refractivity contribution in [1.29, 1.82) is 10.5 Å². The lowest BCUT2D eigenvalue weighted by atomic mass is 10.0. The highest BCUT2D eigenvalue weighted by atomic mass is 32.2. The maximum Gasteiger partial charge on any atom is 0.235 e. The number of anilines is 1. The molecule has 1 amide bonds. The molecule has 0 bridgehead atoms. The highest BCUT2D eigenvalue weighted by Crippen LogP contribution is 2.39. The summed E-state index contributed by atoms with van der Waals surface area (Å²) in [5, 5.41) is 19.7. The topological polar surface area (TPSA) is 110 Å². The third-order valence-corrected chi connectivity index (χ3v) is 7.86. The number of thioether (sulfide) groups is 1. The zero-order valence-corrected chi connectivity index (χ0v) is 21.1. The average Bonchev–Trinajstić information content (AvgIpc) is 3.16. The maximum atomic E-state index is 12.3. The van der Waals surface area contributed by atoms with Gasteiger partial charge in [0.25, 0.3) is 0 Å². The molecule has 2 aromatic rings. The number of amides is 1. The number of hydrogen-bond acceptors (Lipinski definition) is 7. The lowest BCUT2D eigenvalue weighted by Crippen LogP contribution is -2.39.